The zero-order valence-corrected chi connectivity index (χ0v) is 26.2. The van der Waals surface area contributed by atoms with E-state index in [9.17, 15) is 18.0 Å². The van der Waals surface area contributed by atoms with Crippen LogP contribution in [0, 0.1) is 0 Å². The number of benzene rings is 2. The van der Waals surface area contributed by atoms with Gasteiger partial charge in [0.15, 0.2) is 0 Å². The van der Waals surface area contributed by atoms with Crippen molar-refractivity contribution in [2.45, 2.75) is 61.3 Å². The third kappa shape index (κ3) is 6.17. The van der Waals surface area contributed by atoms with Gasteiger partial charge in [0.25, 0.3) is 10.0 Å². The molecular formula is C31H40ClN5O5S. The van der Waals surface area contributed by atoms with Gasteiger partial charge in [0, 0.05) is 49.7 Å². The lowest BCUT2D eigenvalue weighted by Crippen LogP contribution is -2.50. The van der Waals surface area contributed by atoms with Gasteiger partial charge in [-0.3, -0.25) is 9.69 Å². The number of halogens is 1. The topological polar surface area (TPSA) is 111 Å². The number of amides is 3. The first-order valence-electron chi connectivity index (χ1n) is 15.2. The summed E-state index contributed by atoms with van der Waals surface area (Å²) < 4.78 is 35.7. The zero-order valence-electron chi connectivity index (χ0n) is 24.6. The lowest BCUT2D eigenvalue weighted by atomic mass is 9.70. The van der Waals surface area contributed by atoms with Crippen LogP contribution >= 0.6 is 11.6 Å². The molecule has 3 heterocycles. The number of likely N-dealkylation sites (tertiary alicyclic amines) is 2. The minimum atomic E-state index is -4.11. The van der Waals surface area contributed by atoms with Crippen molar-refractivity contribution in [3.63, 3.8) is 0 Å². The maximum Gasteiger partial charge on any atom is 0.331 e. The van der Waals surface area contributed by atoms with Gasteiger partial charge in [0.1, 0.15) is 5.75 Å². The average molecular weight is 630 g/mol. The van der Waals surface area contributed by atoms with E-state index in [0.717, 1.165) is 51.5 Å². The molecule has 2 atom stereocenters. The number of sulfonamides is 1. The van der Waals surface area contributed by atoms with E-state index in [1.54, 1.807) is 19.2 Å². The maximum absolute atomic E-state index is 13.4. The first-order chi connectivity index (χ1) is 20.7. The summed E-state index contributed by atoms with van der Waals surface area (Å²) in [6.07, 6.45) is 6.54. The number of anilines is 1. The summed E-state index contributed by atoms with van der Waals surface area (Å²) >= 11 is 6.39. The molecule has 12 heteroatoms. The Labute approximate surface area is 258 Å². The number of likely N-dealkylation sites (N-methyl/N-ethyl adjacent to an activating group) is 1. The Hall–Kier alpha value is -3.02. The van der Waals surface area contributed by atoms with E-state index in [1.165, 1.54) is 22.1 Å². The third-order valence-corrected chi connectivity index (χ3v) is 11.0. The molecule has 232 valence electrons. The Balaban J connectivity index is 1.36. The number of rotatable bonds is 6. The second-order valence-corrected chi connectivity index (χ2v) is 14.4. The van der Waals surface area contributed by atoms with Crippen molar-refractivity contribution < 1.29 is 22.7 Å². The average Bonchev–Trinajstić information content (AvgIpc) is 3.65. The largest absolute Gasteiger partial charge is 0.490 e. The van der Waals surface area contributed by atoms with Crippen LogP contribution in [0.1, 0.15) is 49.7 Å². The summed E-state index contributed by atoms with van der Waals surface area (Å²) in [5.41, 5.74) is 2.81. The van der Waals surface area contributed by atoms with Gasteiger partial charge in [-0.15, -0.1) is 0 Å². The molecule has 0 saturated carbocycles. The standard InChI is InChI=1S/C31H40ClN5O5S/c1-33-29(38)19-36-15-5-7-24(36)18-37-20-31(12-4-6-22-16-23(32)8-10-26(22)31)21-42-28-11-9-25(17-27(28)37)43(40,41)34-30(39)35-13-2-3-14-35/h8-11,16-17,24H,2-7,12-15,18-21H2,1H3,(H,33,38)(H,34,39)/t24?,31-/m0/s1. The van der Waals surface area contributed by atoms with Crippen LogP contribution in [0.3, 0.4) is 0 Å². The molecular weight excluding hydrogens is 590 g/mol. The summed E-state index contributed by atoms with van der Waals surface area (Å²) in [6, 6.07) is 10.5. The molecule has 43 heavy (non-hydrogen) atoms. The number of hydrogen-bond donors (Lipinski definition) is 2. The van der Waals surface area contributed by atoms with Gasteiger partial charge in [-0.05, 0) is 92.9 Å². The van der Waals surface area contributed by atoms with Crippen molar-refractivity contribution in [2.24, 2.45) is 0 Å². The summed E-state index contributed by atoms with van der Waals surface area (Å²) in [5, 5.41) is 3.45. The molecule has 2 fully saturated rings. The number of nitrogens with one attached hydrogen (secondary N) is 2. The van der Waals surface area contributed by atoms with Crippen molar-refractivity contribution in [1.82, 2.24) is 19.8 Å². The van der Waals surface area contributed by atoms with Crippen LogP contribution in [-0.2, 0) is 26.7 Å². The molecule has 6 rings (SSSR count). The number of urea groups is 1. The van der Waals surface area contributed by atoms with Crippen LogP contribution in [0.4, 0.5) is 10.5 Å². The predicted molar refractivity (Wildman–Crippen MR) is 165 cm³/mol. The van der Waals surface area contributed by atoms with Crippen LogP contribution in [0.25, 0.3) is 0 Å². The fourth-order valence-electron chi connectivity index (χ4n) is 7.25. The van der Waals surface area contributed by atoms with Crippen molar-refractivity contribution in [1.29, 1.82) is 0 Å². The Morgan fingerprint density at radius 3 is 2.67 bits per heavy atom. The third-order valence-electron chi connectivity index (χ3n) is 9.49. The van der Waals surface area contributed by atoms with Gasteiger partial charge in [-0.25, -0.2) is 17.9 Å². The van der Waals surface area contributed by atoms with Crippen molar-refractivity contribution in [3.8, 4) is 5.75 Å². The molecule has 3 amide bonds. The lowest BCUT2D eigenvalue weighted by Gasteiger charge is -2.42. The van der Waals surface area contributed by atoms with E-state index in [4.69, 9.17) is 16.3 Å². The van der Waals surface area contributed by atoms with E-state index in [0.29, 0.717) is 55.8 Å². The fraction of sp³-hybridized carbons (Fsp3) is 0.548. The summed E-state index contributed by atoms with van der Waals surface area (Å²) in [6.45, 7) is 3.95. The van der Waals surface area contributed by atoms with E-state index in [2.05, 4.69) is 32.0 Å². The minimum Gasteiger partial charge on any atom is -0.490 e. The number of carbonyl (C=O) groups excluding carboxylic acids is 2. The molecule has 1 spiro atoms. The summed E-state index contributed by atoms with van der Waals surface area (Å²) in [7, 11) is -2.46. The molecule has 4 aliphatic rings. The van der Waals surface area contributed by atoms with Crippen molar-refractivity contribution >= 4 is 39.2 Å². The second kappa shape index (κ2) is 12.2. The maximum atomic E-state index is 13.4. The molecule has 0 radical (unpaired) electrons. The number of ether oxygens (including phenoxy) is 1. The van der Waals surface area contributed by atoms with Crippen LogP contribution in [0.15, 0.2) is 41.3 Å². The normalized spacial score (nSPS) is 23.8. The Bertz CT molecular complexity index is 1500. The highest BCUT2D eigenvalue weighted by molar-refractivity contribution is 7.90. The van der Waals surface area contributed by atoms with Gasteiger partial charge in [0.05, 0.1) is 23.7 Å². The molecule has 2 N–H and O–H groups in total. The number of carbonyl (C=O) groups is 2. The molecule has 1 aliphatic carbocycles. The fourth-order valence-corrected chi connectivity index (χ4v) is 8.43. The van der Waals surface area contributed by atoms with E-state index >= 15 is 0 Å². The highest BCUT2D eigenvalue weighted by Crippen LogP contribution is 2.45. The van der Waals surface area contributed by atoms with E-state index in [1.807, 2.05) is 6.07 Å². The number of fused-ring (bicyclic) bond motifs is 3. The smallest absolute Gasteiger partial charge is 0.331 e. The molecule has 0 aromatic heterocycles. The predicted octanol–water partition coefficient (Wildman–Crippen LogP) is 3.52. The number of hydrogen-bond acceptors (Lipinski definition) is 7. The molecule has 2 aromatic rings. The van der Waals surface area contributed by atoms with Crippen molar-refractivity contribution in [3.05, 3.63) is 52.5 Å². The van der Waals surface area contributed by atoms with Crippen LogP contribution in [0.5, 0.6) is 5.75 Å². The van der Waals surface area contributed by atoms with Gasteiger partial charge in [-0.1, -0.05) is 17.7 Å². The lowest BCUT2D eigenvalue weighted by molar-refractivity contribution is -0.121. The zero-order chi connectivity index (χ0) is 30.2. The minimum absolute atomic E-state index is 0.0211. The molecule has 2 aromatic carbocycles. The van der Waals surface area contributed by atoms with Crippen LogP contribution < -0.4 is 19.7 Å². The Morgan fingerprint density at radius 2 is 1.88 bits per heavy atom. The Morgan fingerprint density at radius 1 is 1.07 bits per heavy atom. The SMILES string of the molecule is CNC(=O)CN1CCCC1CN1C[C@@]2(CCCc3cc(Cl)ccc32)COc2ccc(S(=O)(=O)NC(=O)N3CCCC3)cc21. The summed E-state index contributed by atoms with van der Waals surface area (Å²) in [5.74, 6) is 0.585. The first-order valence-corrected chi connectivity index (χ1v) is 17.1. The Kier molecular flexibility index (Phi) is 8.50. The highest BCUT2D eigenvalue weighted by atomic mass is 35.5. The molecule has 1 unspecified atom stereocenters. The van der Waals surface area contributed by atoms with Gasteiger partial charge < -0.3 is 19.9 Å². The van der Waals surface area contributed by atoms with E-state index < -0.39 is 16.1 Å². The van der Waals surface area contributed by atoms with Gasteiger partial charge in [-0.2, -0.15) is 0 Å². The second-order valence-electron chi connectivity index (χ2n) is 12.3. The molecule has 10 nitrogen and oxygen atoms in total. The van der Waals surface area contributed by atoms with Crippen LogP contribution in [-0.4, -0.2) is 89.1 Å². The monoisotopic (exact) mass is 629 g/mol. The molecule has 2 saturated heterocycles. The molecule has 3 aliphatic heterocycles. The van der Waals surface area contributed by atoms with Gasteiger partial charge in [0.2, 0.25) is 5.91 Å². The number of aryl methyl sites for hydroxylation is 1. The van der Waals surface area contributed by atoms with Gasteiger partial charge >= 0.3 is 6.03 Å². The highest BCUT2D eigenvalue weighted by Gasteiger charge is 2.43. The van der Waals surface area contributed by atoms with Crippen LogP contribution in [0.2, 0.25) is 5.02 Å². The summed E-state index contributed by atoms with van der Waals surface area (Å²) in [4.78, 5) is 31.0. The molecule has 0 bridgehead atoms. The number of nitrogens with zero attached hydrogens (tertiary/aromatic N) is 3. The first kappa shape index (κ1) is 30.0. The quantitative estimate of drug-likeness (QED) is 0.503. The van der Waals surface area contributed by atoms with E-state index in [-0.39, 0.29) is 22.3 Å². The van der Waals surface area contributed by atoms with Crippen molar-refractivity contribution in [2.75, 3.05) is 57.8 Å².